The molecule has 0 N–H and O–H groups in total. The van der Waals surface area contributed by atoms with Crippen LogP contribution in [0.15, 0.2) is 0 Å². The van der Waals surface area contributed by atoms with Crippen molar-refractivity contribution >= 4 is 8.56 Å². The number of rotatable bonds is 8. The van der Waals surface area contributed by atoms with Crippen LogP contribution in [0.5, 0.6) is 0 Å². The summed E-state index contributed by atoms with van der Waals surface area (Å²) in [6.07, 6.45) is 2.08. The molecule has 1 unspecified atom stereocenters. The first-order valence-corrected chi connectivity index (χ1v) is 7.84. The van der Waals surface area contributed by atoms with Crippen molar-refractivity contribution in [1.29, 1.82) is 0 Å². The van der Waals surface area contributed by atoms with Crippen LogP contribution in [0.4, 0.5) is 0 Å². The van der Waals surface area contributed by atoms with Crippen molar-refractivity contribution in [3.8, 4) is 0 Å². The van der Waals surface area contributed by atoms with Gasteiger partial charge in [-0.25, -0.2) is 0 Å². The smallest absolute Gasteiger partial charge is 0.340 e. The van der Waals surface area contributed by atoms with Gasteiger partial charge in [0.05, 0.1) is 0 Å². The molecule has 1 atom stereocenters. The van der Waals surface area contributed by atoms with Gasteiger partial charge in [-0.3, -0.25) is 0 Å². The van der Waals surface area contributed by atoms with E-state index in [9.17, 15) is 0 Å². The zero-order chi connectivity index (χ0) is 11.0. The summed E-state index contributed by atoms with van der Waals surface area (Å²) in [7, 11) is -1.93. The zero-order valence-electron chi connectivity index (χ0n) is 10.1. The van der Waals surface area contributed by atoms with Gasteiger partial charge in [-0.2, -0.15) is 0 Å². The lowest BCUT2D eigenvalue weighted by atomic mass is 10.3. The summed E-state index contributed by atoms with van der Waals surface area (Å²) >= 11 is 0. The van der Waals surface area contributed by atoms with Gasteiger partial charge in [0.25, 0.3) is 0 Å². The Kier molecular flexibility index (Phi) is 7.50. The molecule has 0 bridgehead atoms. The lowest BCUT2D eigenvalue weighted by molar-refractivity contribution is 0.173. The van der Waals surface area contributed by atoms with Crippen LogP contribution in [-0.2, 0) is 8.85 Å². The molecule has 0 aromatic rings. The largest absolute Gasteiger partial charge is 0.394 e. The molecule has 0 amide bonds. The second-order valence-corrected chi connectivity index (χ2v) is 7.47. The van der Waals surface area contributed by atoms with Crippen LogP contribution in [0.25, 0.3) is 0 Å². The Morgan fingerprint density at radius 1 is 1.14 bits per heavy atom. The molecule has 0 heterocycles. The molecule has 0 aliphatic rings. The minimum absolute atomic E-state index is 0.546. The predicted octanol–water partition coefficient (Wildman–Crippen LogP) is 3.53. The standard InChI is InChI=1S/C11H25O2Si/c1-6-10-11(5)14(9-4,12-7-2)13-8-3/h11H,1,6-10H2,2-5H3. The third-order valence-corrected chi connectivity index (χ3v) is 6.99. The Bertz CT molecular complexity index is 133. The van der Waals surface area contributed by atoms with Gasteiger partial charge in [0.15, 0.2) is 0 Å². The van der Waals surface area contributed by atoms with Gasteiger partial charge in [-0.1, -0.05) is 27.2 Å². The second-order valence-electron chi connectivity index (χ2n) is 3.57. The Hall–Kier alpha value is 0.137. The first-order valence-electron chi connectivity index (χ1n) is 5.73. The molecule has 0 aromatic carbocycles. The van der Waals surface area contributed by atoms with E-state index in [1.807, 2.05) is 13.8 Å². The van der Waals surface area contributed by atoms with E-state index in [-0.39, 0.29) is 0 Å². The average Bonchev–Trinajstić information content (AvgIpc) is 2.17. The topological polar surface area (TPSA) is 18.5 Å². The molecule has 85 valence electrons. The molecule has 0 rings (SSSR count). The molecule has 2 nitrogen and oxygen atoms in total. The average molecular weight is 217 g/mol. The fourth-order valence-electron chi connectivity index (χ4n) is 1.89. The number of hydrogen-bond acceptors (Lipinski definition) is 2. The van der Waals surface area contributed by atoms with E-state index in [0.29, 0.717) is 5.54 Å². The highest BCUT2D eigenvalue weighted by molar-refractivity contribution is 6.68. The molecule has 3 heteroatoms. The van der Waals surface area contributed by atoms with Gasteiger partial charge in [0.2, 0.25) is 0 Å². The van der Waals surface area contributed by atoms with Gasteiger partial charge in [0, 0.05) is 13.2 Å². The SMILES string of the molecule is [CH2]CCC(C)[Si](CC)(OCC)OCC. The Balaban J connectivity index is 4.45. The lowest BCUT2D eigenvalue weighted by Crippen LogP contribution is -2.45. The molecule has 0 saturated carbocycles. The van der Waals surface area contributed by atoms with Crippen LogP contribution in [0, 0.1) is 6.92 Å². The molecule has 1 radical (unpaired) electrons. The van der Waals surface area contributed by atoms with Crippen molar-refractivity contribution in [1.82, 2.24) is 0 Å². The summed E-state index contributed by atoms with van der Waals surface area (Å²) in [4.78, 5) is 0. The highest BCUT2D eigenvalue weighted by Crippen LogP contribution is 2.31. The van der Waals surface area contributed by atoms with Crippen LogP contribution in [-0.4, -0.2) is 21.8 Å². The molecule has 0 fully saturated rings. The van der Waals surface area contributed by atoms with E-state index in [1.165, 1.54) is 0 Å². The van der Waals surface area contributed by atoms with Gasteiger partial charge >= 0.3 is 8.56 Å². The maximum Gasteiger partial charge on any atom is 0.340 e. The molecule has 14 heavy (non-hydrogen) atoms. The van der Waals surface area contributed by atoms with Crippen LogP contribution in [0.1, 0.15) is 40.5 Å². The van der Waals surface area contributed by atoms with Crippen molar-refractivity contribution in [2.45, 2.75) is 52.1 Å². The van der Waals surface area contributed by atoms with E-state index >= 15 is 0 Å². The van der Waals surface area contributed by atoms with Crippen molar-refractivity contribution in [2.24, 2.45) is 0 Å². The summed E-state index contributed by atoms with van der Waals surface area (Å²) < 4.78 is 11.8. The highest BCUT2D eigenvalue weighted by Gasteiger charge is 2.40. The van der Waals surface area contributed by atoms with Crippen molar-refractivity contribution in [2.75, 3.05) is 13.2 Å². The minimum Gasteiger partial charge on any atom is -0.394 e. The van der Waals surface area contributed by atoms with E-state index in [4.69, 9.17) is 8.85 Å². The normalized spacial score (nSPS) is 14.4. The van der Waals surface area contributed by atoms with E-state index in [1.54, 1.807) is 0 Å². The molecular weight excluding hydrogens is 192 g/mol. The first-order chi connectivity index (χ1) is 6.66. The van der Waals surface area contributed by atoms with Crippen molar-refractivity contribution < 1.29 is 8.85 Å². The maximum absolute atomic E-state index is 5.92. The molecule has 0 saturated heterocycles. The van der Waals surface area contributed by atoms with Crippen LogP contribution >= 0.6 is 0 Å². The summed E-state index contributed by atoms with van der Waals surface area (Å²) in [6.45, 7) is 14.0. The monoisotopic (exact) mass is 217 g/mol. The maximum atomic E-state index is 5.92. The Morgan fingerprint density at radius 3 is 1.93 bits per heavy atom. The van der Waals surface area contributed by atoms with E-state index in [2.05, 4.69) is 20.8 Å². The van der Waals surface area contributed by atoms with Crippen LogP contribution in [0.3, 0.4) is 0 Å². The third kappa shape index (κ3) is 3.71. The minimum atomic E-state index is -1.93. The Labute approximate surface area is 90.2 Å². The van der Waals surface area contributed by atoms with Crippen LogP contribution < -0.4 is 0 Å². The summed E-state index contributed by atoms with van der Waals surface area (Å²) in [5, 5.41) is 0. The quantitative estimate of drug-likeness (QED) is 0.579. The van der Waals surface area contributed by atoms with E-state index in [0.717, 1.165) is 32.1 Å². The molecule has 0 aromatic heterocycles. The van der Waals surface area contributed by atoms with Gasteiger partial charge in [0.1, 0.15) is 0 Å². The van der Waals surface area contributed by atoms with Gasteiger partial charge < -0.3 is 8.85 Å². The zero-order valence-corrected chi connectivity index (χ0v) is 11.1. The predicted molar refractivity (Wildman–Crippen MR) is 63.5 cm³/mol. The van der Waals surface area contributed by atoms with Crippen LogP contribution in [0.2, 0.25) is 11.6 Å². The fourth-order valence-corrected chi connectivity index (χ4v) is 5.27. The highest BCUT2D eigenvalue weighted by atomic mass is 28.4. The molecular formula is C11H25O2Si. The fraction of sp³-hybridized carbons (Fsp3) is 0.909. The summed E-state index contributed by atoms with van der Waals surface area (Å²) in [6, 6.07) is 1.04. The molecule has 0 aliphatic heterocycles. The van der Waals surface area contributed by atoms with Crippen molar-refractivity contribution in [3.63, 3.8) is 0 Å². The third-order valence-electron chi connectivity index (χ3n) is 2.66. The second kappa shape index (κ2) is 7.43. The molecule has 0 spiro atoms. The molecule has 0 aliphatic carbocycles. The lowest BCUT2D eigenvalue weighted by Gasteiger charge is -2.34. The van der Waals surface area contributed by atoms with Crippen molar-refractivity contribution in [3.05, 3.63) is 6.92 Å². The van der Waals surface area contributed by atoms with Gasteiger partial charge in [-0.05, 0) is 31.9 Å². The summed E-state index contributed by atoms with van der Waals surface area (Å²) in [5.41, 5.74) is 0.546. The number of hydrogen-bond donors (Lipinski definition) is 0. The van der Waals surface area contributed by atoms with Gasteiger partial charge in [-0.15, -0.1) is 0 Å². The Morgan fingerprint density at radius 2 is 1.64 bits per heavy atom. The first kappa shape index (κ1) is 14.1. The van der Waals surface area contributed by atoms with E-state index < -0.39 is 8.56 Å². The summed E-state index contributed by atoms with van der Waals surface area (Å²) in [5.74, 6) is 0.